The molecule has 0 aliphatic heterocycles. The van der Waals surface area contributed by atoms with Gasteiger partial charge in [0, 0.05) is 30.5 Å². The zero-order chi connectivity index (χ0) is 8.27. The second-order valence-electron chi connectivity index (χ2n) is 2.39. The van der Waals surface area contributed by atoms with Crippen LogP contribution >= 0.6 is 23.1 Å². The lowest BCUT2D eigenvalue weighted by Crippen LogP contribution is -2.23. The summed E-state index contributed by atoms with van der Waals surface area (Å²) in [7, 11) is 1.96. The topological polar surface area (TPSA) is 29.0 Å². The molecule has 0 saturated carbocycles. The minimum absolute atomic E-state index is 0.142. The molecule has 0 spiro atoms. The van der Waals surface area contributed by atoms with Crippen molar-refractivity contribution in [3.05, 3.63) is 6.33 Å². The summed E-state index contributed by atoms with van der Waals surface area (Å²) in [6, 6.07) is 0. The van der Waals surface area contributed by atoms with Crippen molar-refractivity contribution in [2.45, 2.75) is 12.3 Å². The molecule has 0 aliphatic rings. The number of hydrogen-bond acceptors (Lipinski definition) is 4. The molecule has 11 heavy (non-hydrogen) atoms. The van der Waals surface area contributed by atoms with Crippen molar-refractivity contribution in [2.24, 2.45) is 0 Å². The second kappa shape index (κ2) is 3.88. The van der Waals surface area contributed by atoms with Crippen LogP contribution < -0.4 is 4.90 Å². The van der Waals surface area contributed by atoms with Crippen molar-refractivity contribution < 1.29 is 0 Å². The van der Waals surface area contributed by atoms with E-state index in [4.69, 9.17) is 11.6 Å². The van der Waals surface area contributed by atoms with E-state index < -0.39 is 0 Å². The molecule has 0 N–H and O–H groups in total. The lowest BCUT2D eigenvalue weighted by molar-refractivity contribution is 0.854. The number of anilines is 1. The Labute approximate surface area is 75.2 Å². The molecule has 1 unspecified atom stereocenters. The molecule has 5 heteroatoms. The standard InChI is InChI=1S/C6H10ClN3S/c1-5(7)3-10(2)6-8-4-9-11-6/h4-5H,3H2,1-2H3. The maximum absolute atomic E-state index is 5.80. The van der Waals surface area contributed by atoms with Crippen LogP contribution in [-0.2, 0) is 0 Å². The highest BCUT2D eigenvalue weighted by molar-refractivity contribution is 7.09. The molecule has 0 bridgehead atoms. The monoisotopic (exact) mass is 191 g/mol. The minimum Gasteiger partial charge on any atom is -0.348 e. The van der Waals surface area contributed by atoms with Crippen LogP contribution in [0.15, 0.2) is 6.33 Å². The van der Waals surface area contributed by atoms with Gasteiger partial charge in [-0.1, -0.05) is 0 Å². The highest BCUT2D eigenvalue weighted by atomic mass is 35.5. The van der Waals surface area contributed by atoms with Crippen LogP contribution in [0.5, 0.6) is 0 Å². The van der Waals surface area contributed by atoms with Crippen LogP contribution in [-0.4, -0.2) is 28.3 Å². The van der Waals surface area contributed by atoms with Gasteiger partial charge >= 0.3 is 0 Å². The van der Waals surface area contributed by atoms with Gasteiger partial charge in [0.05, 0.1) is 0 Å². The Kier molecular flexibility index (Phi) is 3.08. The zero-order valence-electron chi connectivity index (χ0n) is 6.49. The number of nitrogens with zero attached hydrogens (tertiary/aromatic N) is 3. The van der Waals surface area contributed by atoms with E-state index >= 15 is 0 Å². The van der Waals surface area contributed by atoms with Gasteiger partial charge in [0.15, 0.2) is 0 Å². The second-order valence-corrected chi connectivity index (χ2v) is 3.89. The van der Waals surface area contributed by atoms with Gasteiger partial charge in [-0.05, 0) is 6.92 Å². The maximum atomic E-state index is 5.80. The Bertz CT molecular complexity index is 200. The molecule has 0 amide bonds. The Morgan fingerprint density at radius 2 is 2.55 bits per heavy atom. The summed E-state index contributed by atoms with van der Waals surface area (Å²) >= 11 is 7.18. The zero-order valence-corrected chi connectivity index (χ0v) is 8.06. The molecule has 1 rings (SSSR count). The number of halogens is 1. The molecule has 1 atom stereocenters. The fourth-order valence-electron chi connectivity index (χ4n) is 0.791. The van der Waals surface area contributed by atoms with Crippen LogP contribution in [0.1, 0.15) is 6.92 Å². The third kappa shape index (κ3) is 2.63. The first kappa shape index (κ1) is 8.74. The summed E-state index contributed by atoms with van der Waals surface area (Å²) in [4.78, 5) is 6.04. The van der Waals surface area contributed by atoms with E-state index in [9.17, 15) is 0 Å². The summed E-state index contributed by atoms with van der Waals surface area (Å²) in [5, 5.41) is 1.06. The number of aromatic nitrogens is 2. The SMILES string of the molecule is CC(Cl)CN(C)c1ncns1. The van der Waals surface area contributed by atoms with Crippen LogP contribution in [0, 0.1) is 0 Å². The summed E-state index contributed by atoms with van der Waals surface area (Å²) in [5.41, 5.74) is 0. The molecule has 0 fully saturated rings. The van der Waals surface area contributed by atoms with E-state index in [1.165, 1.54) is 11.5 Å². The van der Waals surface area contributed by atoms with E-state index in [1.54, 1.807) is 6.33 Å². The molecule has 1 aromatic heterocycles. The predicted octanol–water partition coefficient (Wildman–Crippen LogP) is 1.60. The number of hydrogen-bond donors (Lipinski definition) is 0. The van der Waals surface area contributed by atoms with E-state index in [-0.39, 0.29) is 5.38 Å². The van der Waals surface area contributed by atoms with Gasteiger partial charge in [-0.15, -0.1) is 11.6 Å². The van der Waals surface area contributed by atoms with Crippen LogP contribution in [0.4, 0.5) is 5.13 Å². The molecular formula is C6H10ClN3S. The number of alkyl halides is 1. The highest BCUT2D eigenvalue weighted by Crippen LogP contribution is 2.13. The van der Waals surface area contributed by atoms with E-state index in [0.717, 1.165) is 11.7 Å². The van der Waals surface area contributed by atoms with Crippen LogP contribution in [0.25, 0.3) is 0 Å². The summed E-state index contributed by atoms with van der Waals surface area (Å²) in [6.07, 6.45) is 1.55. The van der Waals surface area contributed by atoms with E-state index in [0.29, 0.717) is 0 Å². The molecule has 0 aliphatic carbocycles. The Hall–Kier alpha value is -0.350. The van der Waals surface area contributed by atoms with Crippen molar-refractivity contribution in [2.75, 3.05) is 18.5 Å². The van der Waals surface area contributed by atoms with E-state index in [2.05, 4.69) is 9.36 Å². The Balaban J connectivity index is 2.49. The van der Waals surface area contributed by atoms with Crippen molar-refractivity contribution in [3.8, 4) is 0 Å². The fourth-order valence-corrected chi connectivity index (χ4v) is 1.49. The Morgan fingerprint density at radius 1 is 1.82 bits per heavy atom. The van der Waals surface area contributed by atoms with Crippen LogP contribution in [0.2, 0.25) is 0 Å². The maximum Gasteiger partial charge on any atom is 0.204 e. The average Bonchev–Trinajstić information content (AvgIpc) is 2.35. The van der Waals surface area contributed by atoms with Gasteiger partial charge < -0.3 is 4.90 Å². The first-order valence-electron chi connectivity index (χ1n) is 3.32. The summed E-state index contributed by atoms with van der Waals surface area (Å²) in [6.45, 7) is 2.76. The summed E-state index contributed by atoms with van der Waals surface area (Å²) < 4.78 is 3.90. The quantitative estimate of drug-likeness (QED) is 0.680. The lowest BCUT2D eigenvalue weighted by Gasteiger charge is -2.15. The molecular weight excluding hydrogens is 182 g/mol. The van der Waals surface area contributed by atoms with E-state index in [1.807, 2.05) is 18.9 Å². The van der Waals surface area contributed by atoms with Gasteiger partial charge in [0.2, 0.25) is 5.13 Å². The molecule has 3 nitrogen and oxygen atoms in total. The van der Waals surface area contributed by atoms with Crippen molar-refractivity contribution in [3.63, 3.8) is 0 Å². The average molecular weight is 192 g/mol. The normalized spacial score (nSPS) is 13.0. The first-order valence-corrected chi connectivity index (χ1v) is 4.53. The molecule has 1 heterocycles. The fraction of sp³-hybridized carbons (Fsp3) is 0.667. The lowest BCUT2D eigenvalue weighted by atomic mass is 10.4. The van der Waals surface area contributed by atoms with Gasteiger partial charge in [-0.25, -0.2) is 4.98 Å². The molecule has 0 radical (unpaired) electrons. The first-order chi connectivity index (χ1) is 5.20. The Morgan fingerprint density at radius 3 is 3.00 bits per heavy atom. The smallest absolute Gasteiger partial charge is 0.204 e. The molecule has 62 valence electrons. The molecule has 0 saturated heterocycles. The van der Waals surface area contributed by atoms with Crippen molar-refractivity contribution >= 4 is 28.3 Å². The molecule has 0 aromatic carbocycles. The minimum atomic E-state index is 0.142. The number of rotatable bonds is 3. The highest BCUT2D eigenvalue weighted by Gasteiger charge is 2.06. The largest absolute Gasteiger partial charge is 0.348 e. The van der Waals surface area contributed by atoms with Crippen LogP contribution in [0.3, 0.4) is 0 Å². The molecule has 1 aromatic rings. The van der Waals surface area contributed by atoms with Crippen molar-refractivity contribution in [1.29, 1.82) is 0 Å². The van der Waals surface area contributed by atoms with Gasteiger partial charge in [0.1, 0.15) is 6.33 Å². The summed E-state index contributed by atoms with van der Waals surface area (Å²) in [5.74, 6) is 0. The van der Waals surface area contributed by atoms with Gasteiger partial charge in [0.25, 0.3) is 0 Å². The third-order valence-electron chi connectivity index (χ3n) is 1.20. The van der Waals surface area contributed by atoms with Gasteiger partial charge in [-0.2, -0.15) is 4.37 Å². The van der Waals surface area contributed by atoms with Gasteiger partial charge in [-0.3, -0.25) is 0 Å². The third-order valence-corrected chi connectivity index (χ3v) is 2.12. The predicted molar refractivity (Wildman–Crippen MR) is 48.5 cm³/mol. The van der Waals surface area contributed by atoms with Crippen molar-refractivity contribution in [1.82, 2.24) is 9.36 Å².